The molecule has 0 aliphatic rings. The average Bonchev–Trinajstić information content (AvgIpc) is 2.39. The van der Waals surface area contributed by atoms with Gasteiger partial charge in [-0.25, -0.2) is 0 Å². The molecule has 100 valence electrons. The number of carbonyl (C=O) groups excluding carboxylic acids is 1. The molecule has 1 amide bonds. The van der Waals surface area contributed by atoms with E-state index in [0.717, 1.165) is 0 Å². The summed E-state index contributed by atoms with van der Waals surface area (Å²) in [6, 6.07) is 5.02. The Labute approximate surface area is 108 Å². The molecule has 3 N–H and O–H groups in total. The van der Waals surface area contributed by atoms with Gasteiger partial charge in [-0.15, -0.1) is 0 Å². The highest BCUT2D eigenvalue weighted by Gasteiger charge is 2.23. The molecule has 4 nitrogen and oxygen atoms in total. The summed E-state index contributed by atoms with van der Waals surface area (Å²) < 4.78 is 0. The summed E-state index contributed by atoms with van der Waals surface area (Å²) in [5.41, 5.74) is 0.0169. The highest BCUT2D eigenvalue weighted by molar-refractivity contribution is 5.97. The molecule has 0 unspecified atom stereocenters. The van der Waals surface area contributed by atoms with E-state index in [9.17, 15) is 15.0 Å². The molecule has 0 radical (unpaired) electrons. The molecule has 0 aliphatic carbocycles. The van der Waals surface area contributed by atoms with E-state index >= 15 is 0 Å². The maximum atomic E-state index is 11.9. The largest absolute Gasteiger partial charge is 0.507 e. The van der Waals surface area contributed by atoms with E-state index in [4.69, 9.17) is 0 Å². The van der Waals surface area contributed by atoms with Crippen molar-refractivity contribution < 1.29 is 15.0 Å². The summed E-state index contributed by atoms with van der Waals surface area (Å²) in [5.74, 6) is -0.372. The van der Waals surface area contributed by atoms with Gasteiger partial charge in [-0.1, -0.05) is 26.0 Å². The second-order valence-electron chi connectivity index (χ2n) is 4.59. The van der Waals surface area contributed by atoms with Crippen molar-refractivity contribution in [3.8, 4) is 5.75 Å². The van der Waals surface area contributed by atoms with Crippen LogP contribution in [0.15, 0.2) is 18.2 Å². The average molecular weight is 251 g/mol. The summed E-state index contributed by atoms with van der Waals surface area (Å²) in [7, 11) is 0. The number of rotatable bonds is 5. The number of phenolic OH excluding ortho intramolecular Hbond substituents is 1. The Morgan fingerprint density at radius 2 is 1.94 bits per heavy atom. The quantitative estimate of drug-likeness (QED) is 0.749. The lowest BCUT2D eigenvalue weighted by atomic mass is 9.97. The van der Waals surface area contributed by atoms with Crippen LogP contribution >= 0.6 is 0 Å². The van der Waals surface area contributed by atoms with Gasteiger partial charge in [0.05, 0.1) is 11.2 Å². The van der Waals surface area contributed by atoms with Crippen molar-refractivity contribution in [2.24, 2.45) is 0 Å². The van der Waals surface area contributed by atoms with E-state index in [0.29, 0.717) is 18.4 Å². The molecule has 0 fully saturated rings. The first-order valence-corrected chi connectivity index (χ1v) is 6.22. The van der Waals surface area contributed by atoms with Crippen molar-refractivity contribution in [3.63, 3.8) is 0 Å². The Morgan fingerprint density at radius 1 is 1.33 bits per heavy atom. The van der Waals surface area contributed by atoms with Gasteiger partial charge in [0, 0.05) is 6.54 Å². The second-order valence-corrected chi connectivity index (χ2v) is 4.59. The van der Waals surface area contributed by atoms with Crippen LogP contribution in [-0.2, 0) is 0 Å². The fourth-order valence-corrected chi connectivity index (χ4v) is 1.68. The van der Waals surface area contributed by atoms with Crippen molar-refractivity contribution >= 4 is 5.91 Å². The molecule has 0 heterocycles. The number of benzene rings is 1. The van der Waals surface area contributed by atoms with Crippen LogP contribution in [0.4, 0.5) is 0 Å². The summed E-state index contributed by atoms with van der Waals surface area (Å²) in [4.78, 5) is 11.9. The Morgan fingerprint density at radius 3 is 2.50 bits per heavy atom. The highest BCUT2D eigenvalue weighted by atomic mass is 16.3. The van der Waals surface area contributed by atoms with Crippen LogP contribution in [0.3, 0.4) is 0 Å². The summed E-state index contributed by atoms with van der Waals surface area (Å²) >= 11 is 0. The number of amides is 1. The van der Waals surface area contributed by atoms with Crippen LogP contribution in [0.25, 0.3) is 0 Å². The fraction of sp³-hybridized carbons (Fsp3) is 0.500. The van der Waals surface area contributed by atoms with Gasteiger partial charge in [0.25, 0.3) is 5.91 Å². The highest BCUT2D eigenvalue weighted by Crippen LogP contribution is 2.21. The third kappa shape index (κ3) is 3.23. The van der Waals surface area contributed by atoms with E-state index in [1.165, 1.54) is 0 Å². The Kier molecular flexibility index (Phi) is 4.73. The second kappa shape index (κ2) is 5.87. The van der Waals surface area contributed by atoms with E-state index < -0.39 is 5.60 Å². The number of para-hydroxylation sites is 1. The van der Waals surface area contributed by atoms with Gasteiger partial charge >= 0.3 is 0 Å². The van der Waals surface area contributed by atoms with Gasteiger partial charge in [-0.3, -0.25) is 4.79 Å². The minimum Gasteiger partial charge on any atom is -0.507 e. The van der Waals surface area contributed by atoms with Crippen LogP contribution in [0.1, 0.15) is 42.6 Å². The van der Waals surface area contributed by atoms with Crippen molar-refractivity contribution in [2.75, 3.05) is 6.54 Å². The maximum Gasteiger partial charge on any atom is 0.255 e. The maximum absolute atomic E-state index is 11.9. The first kappa shape index (κ1) is 14.5. The number of carbonyl (C=O) groups is 1. The third-order valence-corrected chi connectivity index (χ3v) is 3.38. The lowest BCUT2D eigenvalue weighted by Crippen LogP contribution is -2.42. The van der Waals surface area contributed by atoms with Gasteiger partial charge in [0.1, 0.15) is 5.75 Å². The molecule has 4 heteroatoms. The van der Waals surface area contributed by atoms with Crippen LogP contribution in [-0.4, -0.2) is 28.3 Å². The zero-order valence-corrected chi connectivity index (χ0v) is 11.2. The SMILES string of the molecule is CCC(O)(CC)CNC(=O)c1cccc(C)c1O. The lowest BCUT2D eigenvalue weighted by molar-refractivity contribution is 0.0313. The van der Waals surface area contributed by atoms with Crippen molar-refractivity contribution in [3.05, 3.63) is 29.3 Å². The van der Waals surface area contributed by atoms with Gasteiger partial charge in [-0.05, 0) is 31.4 Å². The normalized spacial score (nSPS) is 11.3. The van der Waals surface area contributed by atoms with E-state index in [1.807, 2.05) is 13.8 Å². The van der Waals surface area contributed by atoms with Crippen LogP contribution in [0.2, 0.25) is 0 Å². The predicted molar refractivity (Wildman–Crippen MR) is 70.7 cm³/mol. The number of phenols is 1. The summed E-state index contributed by atoms with van der Waals surface area (Å²) in [6.07, 6.45) is 1.15. The molecule has 0 bridgehead atoms. The molecule has 18 heavy (non-hydrogen) atoms. The van der Waals surface area contributed by atoms with E-state index in [2.05, 4.69) is 5.32 Å². The fourth-order valence-electron chi connectivity index (χ4n) is 1.68. The molecule has 0 atom stereocenters. The number of aromatic hydroxyl groups is 1. The van der Waals surface area contributed by atoms with Crippen LogP contribution in [0.5, 0.6) is 5.75 Å². The first-order valence-electron chi connectivity index (χ1n) is 6.22. The smallest absolute Gasteiger partial charge is 0.255 e. The molecule has 0 spiro atoms. The Bertz CT molecular complexity index is 425. The minimum absolute atomic E-state index is 0.00784. The van der Waals surface area contributed by atoms with Crippen LogP contribution in [0, 0.1) is 6.92 Å². The van der Waals surface area contributed by atoms with Gasteiger partial charge in [0.2, 0.25) is 0 Å². The number of hydrogen-bond acceptors (Lipinski definition) is 3. The van der Waals surface area contributed by atoms with Crippen molar-refractivity contribution in [1.29, 1.82) is 0 Å². The predicted octanol–water partition coefficient (Wildman–Crippen LogP) is 1.98. The zero-order chi connectivity index (χ0) is 13.8. The monoisotopic (exact) mass is 251 g/mol. The molecule has 1 rings (SSSR count). The van der Waals surface area contributed by atoms with Gasteiger partial charge < -0.3 is 15.5 Å². The number of aliphatic hydroxyl groups is 1. The number of aryl methyl sites for hydroxylation is 1. The number of hydrogen-bond donors (Lipinski definition) is 3. The molecule has 1 aromatic rings. The topological polar surface area (TPSA) is 69.6 Å². The Hall–Kier alpha value is -1.55. The number of nitrogens with one attached hydrogen (secondary N) is 1. The van der Waals surface area contributed by atoms with E-state index in [-0.39, 0.29) is 23.8 Å². The minimum atomic E-state index is -0.880. The lowest BCUT2D eigenvalue weighted by Gasteiger charge is -2.25. The third-order valence-electron chi connectivity index (χ3n) is 3.38. The Balaban J connectivity index is 2.75. The molecule has 0 saturated carbocycles. The molecule has 0 aromatic heterocycles. The molecule has 1 aromatic carbocycles. The molecule has 0 saturated heterocycles. The standard InChI is InChI=1S/C14H21NO3/c1-4-14(18,5-2)9-15-13(17)11-8-6-7-10(3)12(11)16/h6-8,16,18H,4-5,9H2,1-3H3,(H,15,17). The molecule has 0 aliphatic heterocycles. The van der Waals surface area contributed by atoms with E-state index in [1.54, 1.807) is 25.1 Å². The van der Waals surface area contributed by atoms with Crippen molar-refractivity contribution in [1.82, 2.24) is 5.32 Å². The first-order chi connectivity index (χ1) is 8.43. The summed E-state index contributed by atoms with van der Waals surface area (Å²) in [5, 5.41) is 22.5. The molecular formula is C14H21NO3. The van der Waals surface area contributed by atoms with Crippen molar-refractivity contribution in [2.45, 2.75) is 39.2 Å². The zero-order valence-electron chi connectivity index (χ0n) is 11.2. The van der Waals surface area contributed by atoms with Crippen LogP contribution < -0.4 is 5.32 Å². The van der Waals surface area contributed by atoms with Gasteiger partial charge in [-0.2, -0.15) is 0 Å². The molecular weight excluding hydrogens is 230 g/mol. The van der Waals surface area contributed by atoms with Gasteiger partial charge in [0.15, 0.2) is 0 Å². The summed E-state index contributed by atoms with van der Waals surface area (Å²) in [6.45, 7) is 5.67.